The lowest BCUT2D eigenvalue weighted by Gasteiger charge is -2.33. The van der Waals surface area contributed by atoms with Crippen molar-refractivity contribution < 1.29 is 14.3 Å². The third-order valence-electron chi connectivity index (χ3n) is 4.48. The molecule has 1 aliphatic rings. The first-order valence-corrected chi connectivity index (χ1v) is 9.85. The molecule has 0 spiro atoms. The van der Waals surface area contributed by atoms with Crippen molar-refractivity contribution in [3.63, 3.8) is 0 Å². The van der Waals surface area contributed by atoms with Crippen LogP contribution in [0.3, 0.4) is 0 Å². The van der Waals surface area contributed by atoms with Crippen molar-refractivity contribution in [3.05, 3.63) is 22.9 Å². The van der Waals surface area contributed by atoms with Gasteiger partial charge in [-0.1, -0.05) is 19.8 Å². The van der Waals surface area contributed by atoms with E-state index in [2.05, 4.69) is 38.5 Å². The van der Waals surface area contributed by atoms with Gasteiger partial charge in [0.2, 0.25) is 5.91 Å². The Morgan fingerprint density at radius 3 is 2.42 bits per heavy atom. The van der Waals surface area contributed by atoms with Gasteiger partial charge in [0.15, 0.2) is 0 Å². The van der Waals surface area contributed by atoms with Crippen LogP contribution in [-0.4, -0.2) is 28.6 Å². The Hall–Kier alpha value is -1.63. The van der Waals surface area contributed by atoms with Gasteiger partial charge in [0, 0.05) is 0 Å². The molecule has 0 bridgehead atoms. The third-order valence-corrected chi connectivity index (χ3v) is 4.95. The van der Waals surface area contributed by atoms with Crippen LogP contribution in [0.4, 0.5) is 10.5 Å². The number of carbonyl (C=O) groups excluding carboxylic acids is 2. The number of rotatable bonds is 4. The second-order valence-corrected chi connectivity index (χ2v) is 8.82. The summed E-state index contributed by atoms with van der Waals surface area (Å²) >= 11 is 3.27. The SMILES string of the molecule is CC(C)(C)OC(=O)N[C@H](C(=O)Nc1ccc(Br)nc1)[C@H]1CC[C@H](C)CC1. The van der Waals surface area contributed by atoms with Crippen LogP contribution in [-0.2, 0) is 9.53 Å². The lowest BCUT2D eigenvalue weighted by molar-refractivity contribution is -0.119. The van der Waals surface area contributed by atoms with E-state index in [1.807, 2.05) is 0 Å². The number of amides is 2. The Kier molecular flexibility index (Phi) is 7.03. The Morgan fingerprint density at radius 2 is 1.88 bits per heavy atom. The predicted octanol–water partition coefficient (Wildman–Crippen LogP) is 4.50. The number of nitrogens with one attached hydrogen (secondary N) is 2. The maximum atomic E-state index is 12.9. The summed E-state index contributed by atoms with van der Waals surface area (Å²) < 4.78 is 6.04. The number of ether oxygens (including phenoxy) is 1. The van der Waals surface area contributed by atoms with Gasteiger partial charge in [-0.25, -0.2) is 9.78 Å². The van der Waals surface area contributed by atoms with Crippen molar-refractivity contribution in [2.75, 3.05) is 5.32 Å². The molecule has 0 aromatic carbocycles. The van der Waals surface area contributed by atoms with E-state index in [4.69, 9.17) is 4.74 Å². The molecule has 1 atom stereocenters. The number of carbonyl (C=O) groups is 2. The standard InChI is InChI=1S/C19H28BrN3O3/c1-12-5-7-13(8-6-12)16(23-18(25)26-19(2,3)4)17(24)22-14-9-10-15(20)21-11-14/h9-13,16H,5-8H2,1-4H3,(H,22,24)(H,23,25)/t12-,13-,16-/m0/s1. The Bertz CT molecular complexity index is 620. The predicted molar refractivity (Wildman–Crippen MR) is 105 cm³/mol. The van der Waals surface area contributed by atoms with Gasteiger partial charge in [-0.05, 0) is 73.5 Å². The van der Waals surface area contributed by atoms with E-state index < -0.39 is 17.7 Å². The van der Waals surface area contributed by atoms with E-state index in [-0.39, 0.29) is 11.8 Å². The van der Waals surface area contributed by atoms with Crippen LogP contribution in [0.1, 0.15) is 53.4 Å². The summed E-state index contributed by atoms with van der Waals surface area (Å²) in [6.45, 7) is 7.63. The third kappa shape index (κ3) is 6.59. The highest BCUT2D eigenvalue weighted by molar-refractivity contribution is 9.10. The molecule has 1 fully saturated rings. The number of anilines is 1. The van der Waals surface area contributed by atoms with Crippen LogP contribution in [0, 0.1) is 11.8 Å². The molecule has 6 nitrogen and oxygen atoms in total. The average Bonchev–Trinajstić information content (AvgIpc) is 2.54. The van der Waals surface area contributed by atoms with Crippen molar-refractivity contribution in [1.29, 1.82) is 0 Å². The second kappa shape index (κ2) is 8.84. The molecule has 7 heteroatoms. The number of nitrogens with zero attached hydrogens (tertiary/aromatic N) is 1. The number of hydrogen-bond acceptors (Lipinski definition) is 4. The van der Waals surface area contributed by atoms with E-state index in [1.54, 1.807) is 39.1 Å². The molecule has 2 N–H and O–H groups in total. The molecule has 0 aliphatic heterocycles. The van der Waals surface area contributed by atoms with Crippen LogP contribution in [0.25, 0.3) is 0 Å². The average molecular weight is 426 g/mol. The van der Waals surface area contributed by atoms with Gasteiger partial charge in [0.1, 0.15) is 16.2 Å². The Morgan fingerprint density at radius 1 is 1.23 bits per heavy atom. The molecule has 2 rings (SSSR count). The Labute approximate surface area is 163 Å². The van der Waals surface area contributed by atoms with Gasteiger partial charge in [-0.15, -0.1) is 0 Å². The van der Waals surface area contributed by atoms with Crippen LogP contribution in [0.5, 0.6) is 0 Å². The smallest absolute Gasteiger partial charge is 0.408 e. The van der Waals surface area contributed by atoms with Crippen molar-refractivity contribution in [2.24, 2.45) is 11.8 Å². The summed E-state index contributed by atoms with van der Waals surface area (Å²) in [4.78, 5) is 29.2. The number of halogens is 1. The van der Waals surface area contributed by atoms with Gasteiger partial charge in [0.25, 0.3) is 0 Å². The summed E-state index contributed by atoms with van der Waals surface area (Å²) in [5.74, 6) is 0.522. The second-order valence-electron chi connectivity index (χ2n) is 8.00. The number of hydrogen-bond donors (Lipinski definition) is 2. The van der Waals surface area contributed by atoms with Crippen molar-refractivity contribution in [3.8, 4) is 0 Å². The zero-order valence-corrected chi connectivity index (χ0v) is 17.4. The number of aromatic nitrogens is 1. The van der Waals surface area contributed by atoms with Crippen molar-refractivity contribution >= 4 is 33.6 Å². The lowest BCUT2D eigenvalue weighted by atomic mass is 9.79. The van der Waals surface area contributed by atoms with Gasteiger partial charge < -0.3 is 15.4 Å². The molecule has 1 aromatic heterocycles. The largest absolute Gasteiger partial charge is 0.444 e. The van der Waals surface area contributed by atoms with Crippen LogP contribution >= 0.6 is 15.9 Å². The molecule has 1 saturated carbocycles. The highest BCUT2D eigenvalue weighted by atomic mass is 79.9. The van der Waals surface area contributed by atoms with E-state index in [9.17, 15) is 9.59 Å². The molecule has 1 heterocycles. The van der Waals surface area contributed by atoms with Crippen LogP contribution < -0.4 is 10.6 Å². The van der Waals surface area contributed by atoms with E-state index in [0.717, 1.165) is 25.7 Å². The maximum absolute atomic E-state index is 12.9. The van der Waals surface area contributed by atoms with Gasteiger partial charge in [-0.2, -0.15) is 0 Å². The number of pyridine rings is 1. The summed E-state index contributed by atoms with van der Waals surface area (Å²) in [5, 5.41) is 5.64. The van der Waals surface area contributed by atoms with Crippen molar-refractivity contribution in [1.82, 2.24) is 10.3 Å². The minimum Gasteiger partial charge on any atom is -0.444 e. The fourth-order valence-electron chi connectivity index (χ4n) is 3.12. The maximum Gasteiger partial charge on any atom is 0.408 e. The highest BCUT2D eigenvalue weighted by Crippen LogP contribution is 2.31. The van der Waals surface area contributed by atoms with E-state index in [0.29, 0.717) is 16.2 Å². The zero-order chi connectivity index (χ0) is 19.3. The molecule has 2 amide bonds. The van der Waals surface area contributed by atoms with Crippen LogP contribution in [0.2, 0.25) is 0 Å². The minimum absolute atomic E-state index is 0.0992. The summed E-state index contributed by atoms with van der Waals surface area (Å²) in [6, 6.07) is 2.90. The Balaban J connectivity index is 2.09. The molecule has 0 saturated heterocycles. The summed E-state index contributed by atoms with van der Waals surface area (Å²) in [5.41, 5.74) is -0.0136. The molecule has 26 heavy (non-hydrogen) atoms. The first-order chi connectivity index (χ1) is 12.1. The molecule has 1 aromatic rings. The molecule has 0 radical (unpaired) electrons. The quantitative estimate of drug-likeness (QED) is 0.695. The van der Waals surface area contributed by atoms with Gasteiger partial charge in [0.05, 0.1) is 11.9 Å². The zero-order valence-electron chi connectivity index (χ0n) is 15.8. The fraction of sp³-hybridized carbons (Fsp3) is 0.632. The van der Waals surface area contributed by atoms with Crippen molar-refractivity contribution in [2.45, 2.75) is 65.0 Å². The van der Waals surface area contributed by atoms with E-state index >= 15 is 0 Å². The molecular weight excluding hydrogens is 398 g/mol. The molecular formula is C19H28BrN3O3. The fourth-order valence-corrected chi connectivity index (χ4v) is 3.36. The minimum atomic E-state index is -0.624. The molecule has 144 valence electrons. The van der Waals surface area contributed by atoms with Crippen LogP contribution in [0.15, 0.2) is 22.9 Å². The monoisotopic (exact) mass is 425 g/mol. The first kappa shape index (κ1) is 20.7. The highest BCUT2D eigenvalue weighted by Gasteiger charge is 2.33. The topological polar surface area (TPSA) is 80.3 Å². The number of alkyl carbamates (subject to hydrolysis) is 1. The van der Waals surface area contributed by atoms with Gasteiger partial charge >= 0.3 is 6.09 Å². The summed E-state index contributed by atoms with van der Waals surface area (Å²) in [7, 11) is 0. The normalized spacial score (nSPS) is 21.6. The first-order valence-electron chi connectivity index (χ1n) is 9.06. The van der Waals surface area contributed by atoms with E-state index in [1.165, 1.54) is 0 Å². The molecule has 0 unspecified atom stereocenters. The molecule has 1 aliphatic carbocycles. The lowest BCUT2D eigenvalue weighted by Crippen LogP contribution is -2.50. The summed E-state index contributed by atoms with van der Waals surface area (Å²) in [6.07, 6.45) is 4.95. The van der Waals surface area contributed by atoms with Gasteiger partial charge in [-0.3, -0.25) is 4.79 Å².